The Balaban J connectivity index is 2.31. The van der Waals surface area contributed by atoms with Crippen LogP contribution in [-0.4, -0.2) is 0 Å². The van der Waals surface area contributed by atoms with Crippen molar-refractivity contribution in [1.29, 1.82) is 0 Å². The third kappa shape index (κ3) is 2.44. The van der Waals surface area contributed by atoms with Crippen molar-refractivity contribution < 1.29 is 22.0 Å². The van der Waals surface area contributed by atoms with Crippen LogP contribution in [0.3, 0.4) is 0 Å². The van der Waals surface area contributed by atoms with E-state index in [-0.39, 0.29) is 0 Å². The van der Waals surface area contributed by atoms with Crippen molar-refractivity contribution >= 4 is 11.4 Å². The summed E-state index contributed by atoms with van der Waals surface area (Å²) in [7, 11) is 0. The van der Waals surface area contributed by atoms with Crippen molar-refractivity contribution in [2.24, 2.45) is 0 Å². The van der Waals surface area contributed by atoms with E-state index in [2.05, 4.69) is 5.43 Å². The highest BCUT2D eigenvalue weighted by molar-refractivity contribution is 5.54. The van der Waals surface area contributed by atoms with Gasteiger partial charge in [0.1, 0.15) is 5.69 Å². The smallest absolute Gasteiger partial charge is 0.200 e. The Hall–Kier alpha value is -2.31. The summed E-state index contributed by atoms with van der Waals surface area (Å²) in [5, 5.41) is 0. The molecule has 0 aromatic heterocycles. The largest absolute Gasteiger partial charge is 0.301 e. The van der Waals surface area contributed by atoms with Gasteiger partial charge in [-0.15, -0.1) is 0 Å². The van der Waals surface area contributed by atoms with Crippen LogP contribution < -0.4 is 10.9 Å². The highest BCUT2D eigenvalue weighted by Gasteiger charge is 2.25. The lowest BCUT2D eigenvalue weighted by molar-refractivity contribution is 0.381. The molecule has 2 aromatic carbocycles. The Morgan fingerprint density at radius 1 is 0.579 bits per heavy atom. The summed E-state index contributed by atoms with van der Waals surface area (Å²) in [5.74, 6) is -10.1. The van der Waals surface area contributed by atoms with E-state index in [1.165, 1.54) is 0 Å². The predicted octanol–water partition coefficient (Wildman–Crippen LogP) is 3.82. The average molecular weight is 274 g/mol. The molecule has 0 heterocycles. The molecule has 2 rings (SSSR count). The maximum Gasteiger partial charge on any atom is 0.200 e. The minimum Gasteiger partial charge on any atom is -0.301 e. The molecule has 0 amide bonds. The van der Waals surface area contributed by atoms with E-state index in [0.29, 0.717) is 5.69 Å². The second kappa shape index (κ2) is 5.13. The lowest BCUT2D eigenvalue weighted by Gasteiger charge is -2.12. The van der Waals surface area contributed by atoms with Crippen LogP contribution in [0.25, 0.3) is 0 Å². The fourth-order valence-electron chi connectivity index (χ4n) is 1.37. The van der Waals surface area contributed by atoms with E-state index in [1.54, 1.807) is 30.3 Å². The second-order valence-corrected chi connectivity index (χ2v) is 3.56. The lowest BCUT2D eigenvalue weighted by Crippen LogP contribution is -2.15. The van der Waals surface area contributed by atoms with Crippen LogP contribution in [0.15, 0.2) is 30.3 Å². The van der Waals surface area contributed by atoms with Gasteiger partial charge in [0, 0.05) is 0 Å². The van der Waals surface area contributed by atoms with Crippen molar-refractivity contribution in [2.75, 3.05) is 10.9 Å². The summed E-state index contributed by atoms with van der Waals surface area (Å²) >= 11 is 0. The van der Waals surface area contributed by atoms with Crippen LogP contribution in [0.1, 0.15) is 0 Å². The first-order chi connectivity index (χ1) is 9.02. The topological polar surface area (TPSA) is 24.1 Å². The summed E-state index contributed by atoms with van der Waals surface area (Å²) in [6.07, 6.45) is 0. The van der Waals surface area contributed by atoms with Crippen LogP contribution in [0.2, 0.25) is 0 Å². The molecule has 0 aliphatic rings. The van der Waals surface area contributed by atoms with E-state index in [0.717, 1.165) is 0 Å². The number of nitrogens with one attached hydrogen (secondary N) is 2. The Morgan fingerprint density at radius 3 is 1.58 bits per heavy atom. The zero-order valence-corrected chi connectivity index (χ0v) is 9.28. The van der Waals surface area contributed by atoms with Crippen molar-refractivity contribution in [1.82, 2.24) is 0 Å². The van der Waals surface area contributed by atoms with Crippen LogP contribution in [0.4, 0.5) is 33.3 Å². The molecular weight excluding hydrogens is 267 g/mol. The van der Waals surface area contributed by atoms with Crippen molar-refractivity contribution in [3.05, 3.63) is 59.4 Å². The first kappa shape index (κ1) is 13.1. The van der Waals surface area contributed by atoms with Gasteiger partial charge in [-0.3, -0.25) is 5.43 Å². The van der Waals surface area contributed by atoms with Crippen molar-refractivity contribution in [2.45, 2.75) is 0 Å². The first-order valence-electron chi connectivity index (χ1n) is 5.11. The third-order valence-electron chi connectivity index (χ3n) is 2.32. The quantitative estimate of drug-likeness (QED) is 0.385. The Kier molecular flexibility index (Phi) is 3.55. The maximum absolute atomic E-state index is 13.3. The Bertz CT molecular complexity index is 572. The molecule has 2 aromatic rings. The van der Waals surface area contributed by atoms with E-state index < -0.39 is 34.8 Å². The van der Waals surface area contributed by atoms with Crippen molar-refractivity contribution in [3.8, 4) is 0 Å². The molecule has 0 unspecified atom stereocenters. The molecule has 0 fully saturated rings. The summed E-state index contributed by atoms with van der Waals surface area (Å²) in [5.41, 5.74) is 3.55. The van der Waals surface area contributed by atoms with Crippen LogP contribution in [-0.2, 0) is 0 Å². The fraction of sp³-hybridized carbons (Fsp3) is 0. The number of halogens is 5. The van der Waals surface area contributed by atoms with Gasteiger partial charge < -0.3 is 5.43 Å². The Labute approximate surface area is 104 Å². The first-order valence-corrected chi connectivity index (χ1v) is 5.11. The van der Waals surface area contributed by atoms with E-state index in [1.807, 2.05) is 5.43 Å². The number of anilines is 2. The number of hydrazine groups is 1. The average Bonchev–Trinajstić information content (AvgIpc) is 2.44. The molecule has 0 spiro atoms. The van der Waals surface area contributed by atoms with E-state index in [4.69, 9.17) is 0 Å². The zero-order valence-electron chi connectivity index (χ0n) is 9.28. The number of hydrogen-bond acceptors (Lipinski definition) is 2. The minimum absolute atomic E-state index is 0.395. The molecule has 19 heavy (non-hydrogen) atoms. The summed E-state index contributed by atoms with van der Waals surface area (Å²) in [6.45, 7) is 0. The minimum atomic E-state index is -2.19. The maximum atomic E-state index is 13.3. The van der Waals surface area contributed by atoms with Gasteiger partial charge in [0.15, 0.2) is 23.3 Å². The van der Waals surface area contributed by atoms with Gasteiger partial charge in [0.25, 0.3) is 0 Å². The van der Waals surface area contributed by atoms with Crippen LogP contribution >= 0.6 is 0 Å². The summed E-state index contributed by atoms with van der Waals surface area (Å²) in [6, 6.07) is 8.03. The number of benzene rings is 2. The van der Waals surface area contributed by atoms with Crippen LogP contribution in [0, 0.1) is 29.1 Å². The van der Waals surface area contributed by atoms with Gasteiger partial charge in [-0.05, 0) is 12.1 Å². The fourth-order valence-corrected chi connectivity index (χ4v) is 1.37. The van der Waals surface area contributed by atoms with Gasteiger partial charge in [0.05, 0.1) is 5.69 Å². The molecule has 100 valence electrons. The van der Waals surface area contributed by atoms with Gasteiger partial charge >= 0.3 is 0 Å². The highest BCUT2D eigenvalue weighted by atomic mass is 19.2. The third-order valence-corrected chi connectivity index (χ3v) is 2.32. The molecular formula is C12H7F5N2. The Morgan fingerprint density at radius 2 is 1.05 bits per heavy atom. The van der Waals surface area contributed by atoms with E-state index in [9.17, 15) is 22.0 Å². The second-order valence-electron chi connectivity index (χ2n) is 3.56. The molecule has 0 aliphatic carbocycles. The normalized spacial score (nSPS) is 10.4. The predicted molar refractivity (Wildman–Crippen MR) is 59.9 cm³/mol. The van der Waals surface area contributed by atoms with Crippen LogP contribution in [0.5, 0.6) is 0 Å². The molecule has 2 N–H and O–H groups in total. The molecule has 0 saturated heterocycles. The number of rotatable bonds is 3. The van der Waals surface area contributed by atoms with Gasteiger partial charge in [0.2, 0.25) is 5.82 Å². The zero-order chi connectivity index (χ0) is 14.0. The summed E-state index contributed by atoms with van der Waals surface area (Å²) in [4.78, 5) is 0. The van der Waals surface area contributed by atoms with Gasteiger partial charge in [-0.25, -0.2) is 22.0 Å². The summed E-state index contributed by atoms with van der Waals surface area (Å²) < 4.78 is 65.1. The molecule has 0 saturated carbocycles. The SMILES string of the molecule is Fc1c(F)c(F)c(NNc2ccccc2)c(F)c1F. The monoisotopic (exact) mass is 274 g/mol. The van der Waals surface area contributed by atoms with Gasteiger partial charge in [-0.2, -0.15) is 0 Å². The highest BCUT2D eigenvalue weighted by Crippen LogP contribution is 2.27. The molecule has 0 radical (unpaired) electrons. The van der Waals surface area contributed by atoms with Crippen molar-refractivity contribution in [3.63, 3.8) is 0 Å². The molecule has 0 bridgehead atoms. The van der Waals surface area contributed by atoms with E-state index >= 15 is 0 Å². The molecule has 0 atom stereocenters. The molecule has 7 heteroatoms. The lowest BCUT2D eigenvalue weighted by atomic mass is 10.2. The molecule has 0 aliphatic heterocycles. The standard InChI is InChI=1S/C12H7F5N2/c13-7-8(14)10(16)12(11(17)9(7)15)19-18-6-4-2-1-3-5-6/h1-5,18-19H. The number of para-hydroxylation sites is 1. The van der Waals surface area contributed by atoms with Gasteiger partial charge in [-0.1, -0.05) is 18.2 Å². The number of hydrogen-bond donors (Lipinski definition) is 2. The molecule has 2 nitrogen and oxygen atoms in total.